The van der Waals surface area contributed by atoms with Crippen LogP contribution in [0.15, 0.2) is 33.1 Å². The van der Waals surface area contributed by atoms with E-state index >= 15 is 0 Å². The summed E-state index contributed by atoms with van der Waals surface area (Å²) in [6.07, 6.45) is 0.838. The van der Waals surface area contributed by atoms with Gasteiger partial charge in [0.1, 0.15) is 23.3 Å². The standard InChI is InChI=1S/C15H19NO4/c1-4-10-6-7-11(19-10)14(16-5-2)12-8-9-13(20-12)15(17)18-3/h6-9,14,16H,4-5H2,1-3H3. The SMILES string of the molecule is CCNC(c1ccc(CC)o1)c1ccc(C(=O)OC)o1. The van der Waals surface area contributed by atoms with Crippen molar-refractivity contribution in [3.05, 3.63) is 47.3 Å². The second-order valence-corrected chi connectivity index (χ2v) is 4.34. The van der Waals surface area contributed by atoms with Gasteiger partial charge in [0.2, 0.25) is 5.76 Å². The van der Waals surface area contributed by atoms with Crippen molar-refractivity contribution < 1.29 is 18.4 Å². The summed E-state index contributed by atoms with van der Waals surface area (Å²) in [6, 6.07) is 7.03. The molecular formula is C15H19NO4. The molecule has 5 nitrogen and oxygen atoms in total. The molecule has 2 heterocycles. The average molecular weight is 277 g/mol. The Morgan fingerprint density at radius 3 is 2.50 bits per heavy atom. The zero-order valence-corrected chi connectivity index (χ0v) is 11.9. The molecule has 20 heavy (non-hydrogen) atoms. The van der Waals surface area contributed by atoms with Gasteiger partial charge in [0.15, 0.2) is 0 Å². The fraction of sp³-hybridized carbons (Fsp3) is 0.400. The van der Waals surface area contributed by atoms with Gasteiger partial charge in [0, 0.05) is 6.42 Å². The Labute approximate surface area is 117 Å². The summed E-state index contributed by atoms with van der Waals surface area (Å²) in [5, 5.41) is 3.28. The third-order valence-electron chi connectivity index (χ3n) is 3.02. The zero-order chi connectivity index (χ0) is 14.5. The molecule has 1 N–H and O–H groups in total. The number of nitrogens with one attached hydrogen (secondary N) is 1. The molecular weight excluding hydrogens is 258 g/mol. The van der Waals surface area contributed by atoms with E-state index < -0.39 is 5.97 Å². The number of rotatable bonds is 6. The van der Waals surface area contributed by atoms with Crippen molar-refractivity contribution in [2.45, 2.75) is 26.3 Å². The van der Waals surface area contributed by atoms with Crippen LogP contribution in [0, 0.1) is 0 Å². The first-order valence-electron chi connectivity index (χ1n) is 6.69. The molecule has 0 fully saturated rings. The van der Waals surface area contributed by atoms with Gasteiger partial charge >= 0.3 is 5.97 Å². The van der Waals surface area contributed by atoms with Crippen LogP contribution in [-0.2, 0) is 11.2 Å². The number of esters is 1. The number of methoxy groups -OCH3 is 1. The van der Waals surface area contributed by atoms with Crippen LogP contribution in [0.3, 0.4) is 0 Å². The van der Waals surface area contributed by atoms with E-state index in [9.17, 15) is 4.79 Å². The van der Waals surface area contributed by atoms with Crippen molar-refractivity contribution in [3.8, 4) is 0 Å². The number of aryl methyl sites for hydroxylation is 1. The van der Waals surface area contributed by atoms with Gasteiger partial charge in [-0.15, -0.1) is 0 Å². The molecule has 2 rings (SSSR count). The van der Waals surface area contributed by atoms with Gasteiger partial charge in [-0.2, -0.15) is 0 Å². The lowest BCUT2D eigenvalue weighted by molar-refractivity contribution is 0.0562. The van der Waals surface area contributed by atoms with E-state index in [4.69, 9.17) is 8.83 Å². The number of hydrogen-bond acceptors (Lipinski definition) is 5. The number of furan rings is 2. The summed E-state index contributed by atoms with van der Waals surface area (Å²) >= 11 is 0. The van der Waals surface area contributed by atoms with Gasteiger partial charge in [-0.1, -0.05) is 13.8 Å². The van der Waals surface area contributed by atoms with Crippen molar-refractivity contribution in [3.63, 3.8) is 0 Å². The van der Waals surface area contributed by atoms with E-state index in [0.717, 1.165) is 24.5 Å². The van der Waals surface area contributed by atoms with Crippen LogP contribution in [0.25, 0.3) is 0 Å². The van der Waals surface area contributed by atoms with E-state index in [0.29, 0.717) is 5.76 Å². The highest BCUT2D eigenvalue weighted by molar-refractivity contribution is 5.86. The molecule has 0 saturated carbocycles. The van der Waals surface area contributed by atoms with Crippen LogP contribution >= 0.6 is 0 Å². The van der Waals surface area contributed by atoms with Crippen molar-refractivity contribution >= 4 is 5.97 Å². The van der Waals surface area contributed by atoms with Gasteiger partial charge in [-0.05, 0) is 30.8 Å². The highest BCUT2D eigenvalue weighted by Gasteiger charge is 2.22. The molecule has 0 aliphatic heterocycles. The Bertz CT molecular complexity index is 570. The number of ether oxygens (including phenoxy) is 1. The van der Waals surface area contributed by atoms with E-state index in [-0.39, 0.29) is 11.8 Å². The largest absolute Gasteiger partial charge is 0.464 e. The lowest BCUT2D eigenvalue weighted by atomic mass is 10.1. The van der Waals surface area contributed by atoms with Crippen LogP contribution in [0.5, 0.6) is 0 Å². The zero-order valence-electron chi connectivity index (χ0n) is 11.9. The summed E-state index contributed by atoms with van der Waals surface area (Å²) in [5.74, 6) is 2.02. The van der Waals surface area contributed by atoms with Crippen molar-refractivity contribution in [2.75, 3.05) is 13.7 Å². The molecule has 1 unspecified atom stereocenters. The van der Waals surface area contributed by atoms with Crippen LogP contribution in [-0.4, -0.2) is 19.6 Å². The van der Waals surface area contributed by atoms with Crippen LogP contribution in [0.1, 0.15) is 47.7 Å². The lowest BCUT2D eigenvalue weighted by Crippen LogP contribution is -2.21. The topological polar surface area (TPSA) is 64.6 Å². The molecule has 0 saturated heterocycles. The monoisotopic (exact) mass is 277 g/mol. The number of carbonyl (C=O) groups is 1. The first-order chi connectivity index (χ1) is 9.69. The van der Waals surface area contributed by atoms with E-state index in [2.05, 4.69) is 10.1 Å². The molecule has 0 radical (unpaired) electrons. The van der Waals surface area contributed by atoms with Crippen LogP contribution in [0.4, 0.5) is 0 Å². The predicted octanol–water partition coefficient (Wildman–Crippen LogP) is 2.92. The third kappa shape index (κ3) is 2.93. The Kier molecular flexibility index (Phi) is 4.63. The van der Waals surface area contributed by atoms with E-state index in [1.165, 1.54) is 7.11 Å². The first kappa shape index (κ1) is 14.4. The van der Waals surface area contributed by atoms with Gasteiger partial charge in [0.25, 0.3) is 0 Å². The Hall–Kier alpha value is -2.01. The molecule has 2 aromatic heterocycles. The lowest BCUT2D eigenvalue weighted by Gasteiger charge is -2.12. The molecule has 0 amide bonds. The fourth-order valence-electron chi connectivity index (χ4n) is 2.00. The maximum Gasteiger partial charge on any atom is 0.373 e. The second-order valence-electron chi connectivity index (χ2n) is 4.34. The van der Waals surface area contributed by atoms with E-state index in [1.54, 1.807) is 12.1 Å². The minimum Gasteiger partial charge on any atom is -0.464 e. The van der Waals surface area contributed by atoms with Crippen molar-refractivity contribution in [1.29, 1.82) is 0 Å². The number of carbonyl (C=O) groups excluding carboxylic acids is 1. The van der Waals surface area contributed by atoms with Gasteiger partial charge in [-0.3, -0.25) is 0 Å². The molecule has 0 aliphatic rings. The maximum absolute atomic E-state index is 11.4. The van der Waals surface area contributed by atoms with E-state index in [1.807, 2.05) is 26.0 Å². The fourth-order valence-corrected chi connectivity index (χ4v) is 2.00. The van der Waals surface area contributed by atoms with Crippen molar-refractivity contribution in [2.24, 2.45) is 0 Å². The molecule has 1 atom stereocenters. The van der Waals surface area contributed by atoms with Gasteiger partial charge in [0.05, 0.1) is 7.11 Å². The minimum absolute atomic E-state index is 0.188. The Balaban J connectivity index is 2.28. The highest BCUT2D eigenvalue weighted by Crippen LogP contribution is 2.26. The molecule has 5 heteroatoms. The smallest absolute Gasteiger partial charge is 0.373 e. The van der Waals surface area contributed by atoms with Crippen LogP contribution < -0.4 is 5.32 Å². The molecule has 0 bridgehead atoms. The summed E-state index contributed by atoms with van der Waals surface area (Å²) in [6.45, 7) is 4.79. The molecule has 108 valence electrons. The Morgan fingerprint density at radius 1 is 1.20 bits per heavy atom. The molecule has 0 aliphatic carbocycles. The summed E-state index contributed by atoms with van der Waals surface area (Å²) < 4.78 is 16.0. The maximum atomic E-state index is 11.4. The average Bonchev–Trinajstić information content (AvgIpc) is 3.13. The minimum atomic E-state index is -0.486. The highest BCUT2D eigenvalue weighted by atomic mass is 16.5. The van der Waals surface area contributed by atoms with Gasteiger partial charge in [-0.25, -0.2) is 4.79 Å². The normalized spacial score (nSPS) is 12.3. The summed E-state index contributed by atoms with van der Waals surface area (Å²) in [4.78, 5) is 11.4. The second kappa shape index (κ2) is 6.43. The third-order valence-corrected chi connectivity index (χ3v) is 3.02. The summed E-state index contributed by atoms with van der Waals surface area (Å²) in [7, 11) is 1.33. The summed E-state index contributed by atoms with van der Waals surface area (Å²) in [5.41, 5.74) is 0. The predicted molar refractivity (Wildman–Crippen MR) is 73.7 cm³/mol. The Morgan fingerprint density at radius 2 is 1.90 bits per heavy atom. The molecule has 0 aromatic carbocycles. The quantitative estimate of drug-likeness (QED) is 0.822. The number of hydrogen-bond donors (Lipinski definition) is 1. The first-order valence-corrected chi connectivity index (χ1v) is 6.69. The molecule has 0 spiro atoms. The van der Waals surface area contributed by atoms with Crippen LogP contribution in [0.2, 0.25) is 0 Å². The van der Waals surface area contributed by atoms with Crippen molar-refractivity contribution in [1.82, 2.24) is 5.32 Å². The molecule has 2 aromatic rings. The van der Waals surface area contributed by atoms with Gasteiger partial charge < -0.3 is 18.9 Å².